The molecule has 0 aromatic heterocycles. The summed E-state index contributed by atoms with van der Waals surface area (Å²) in [6.07, 6.45) is 1.61. The number of amides is 1. The van der Waals surface area contributed by atoms with Gasteiger partial charge in [0.05, 0.1) is 0 Å². The summed E-state index contributed by atoms with van der Waals surface area (Å²) >= 11 is 0. The van der Waals surface area contributed by atoms with Crippen LogP contribution in [0, 0.1) is 5.41 Å². The van der Waals surface area contributed by atoms with Gasteiger partial charge in [0, 0.05) is 13.2 Å². The van der Waals surface area contributed by atoms with Crippen molar-refractivity contribution in [2.75, 3.05) is 13.2 Å². The number of aliphatic hydroxyl groups excluding tert-OH is 1. The SMILES string of the molecule is CC(C)(CCCO)CNC(=O)[C@H](N)c1ccccc1. The lowest BCUT2D eigenvalue weighted by atomic mass is 9.88. The Morgan fingerprint density at radius 2 is 2.00 bits per heavy atom. The fourth-order valence-electron chi connectivity index (χ4n) is 1.89. The van der Waals surface area contributed by atoms with Crippen molar-refractivity contribution in [3.05, 3.63) is 35.9 Å². The summed E-state index contributed by atoms with van der Waals surface area (Å²) < 4.78 is 0. The van der Waals surface area contributed by atoms with E-state index in [-0.39, 0.29) is 17.9 Å². The molecule has 4 N–H and O–H groups in total. The van der Waals surface area contributed by atoms with Gasteiger partial charge in [-0.15, -0.1) is 0 Å². The molecule has 0 saturated carbocycles. The van der Waals surface area contributed by atoms with E-state index in [2.05, 4.69) is 19.2 Å². The highest BCUT2D eigenvalue weighted by Crippen LogP contribution is 2.21. The maximum atomic E-state index is 12.0. The number of nitrogens with one attached hydrogen (secondary N) is 1. The number of hydrogen-bond acceptors (Lipinski definition) is 3. The van der Waals surface area contributed by atoms with Crippen LogP contribution >= 0.6 is 0 Å². The summed E-state index contributed by atoms with van der Waals surface area (Å²) in [6.45, 7) is 4.88. The van der Waals surface area contributed by atoms with Crippen molar-refractivity contribution in [3.63, 3.8) is 0 Å². The number of aliphatic hydroxyl groups is 1. The van der Waals surface area contributed by atoms with E-state index in [0.29, 0.717) is 6.54 Å². The van der Waals surface area contributed by atoms with Gasteiger partial charge >= 0.3 is 0 Å². The van der Waals surface area contributed by atoms with Crippen molar-refractivity contribution in [2.24, 2.45) is 11.1 Å². The molecule has 4 heteroatoms. The number of carbonyl (C=O) groups excluding carboxylic acids is 1. The lowest BCUT2D eigenvalue weighted by Crippen LogP contribution is -2.39. The molecule has 1 aromatic rings. The fourth-order valence-corrected chi connectivity index (χ4v) is 1.89. The molecule has 0 heterocycles. The van der Waals surface area contributed by atoms with Gasteiger partial charge in [0.2, 0.25) is 5.91 Å². The third kappa shape index (κ3) is 5.41. The number of carbonyl (C=O) groups is 1. The van der Waals surface area contributed by atoms with Crippen molar-refractivity contribution in [1.82, 2.24) is 5.32 Å². The zero-order chi connectivity index (χ0) is 14.3. The topological polar surface area (TPSA) is 75.3 Å². The second kappa shape index (κ2) is 7.26. The molecule has 4 nitrogen and oxygen atoms in total. The van der Waals surface area contributed by atoms with Crippen molar-refractivity contribution < 1.29 is 9.90 Å². The van der Waals surface area contributed by atoms with Gasteiger partial charge in [-0.1, -0.05) is 44.2 Å². The third-order valence-electron chi connectivity index (χ3n) is 3.19. The lowest BCUT2D eigenvalue weighted by molar-refractivity contribution is -0.122. The first-order valence-corrected chi connectivity index (χ1v) is 6.65. The summed E-state index contributed by atoms with van der Waals surface area (Å²) in [4.78, 5) is 12.0. The average molecular weight is 264 g/mol. The van der Waals surface area contributed by atoms with Crippen molar-refractivity contribution in [1.29, 1.82) is 0 Å². The summed E-state index contributed by atoms with van der Waals surface area (Å²) in [5, 5.41) is 11.7. The highest BCUT2D eigenvalue weighted by molar-refractivity contribution is 5.82. The first kappa shape index (κ1) is 15.7. The van der Waals surface area contributed by atoms with Gasteiger partial charge in [-0.05, 0) is 23.8 Å². The molecule has 1 atom stereocenters. The number of nitrogens with two attached hydrogens (primary N) is 1. The van der Waals surface area contributed by atoms with Crippen LogP contribution in [-0.4, -0.2) is 24.2 Å². The molecule has 19 heavy (non-hydrogen) atoms. The molecular formula is C15H24N2O2. The van der Waals surface area contributed by atoms with Gasteiger partial charge in [-0.25, -0.2) is 0 Å². The van der Waals surface area contributed by atoms with E-state index in [1.807, 2.05) is 30.3 Å². The molecule has 0 bridgehead atoms. The van der Waals surface area contributed by atoms with Gasteiger partial charge in [0.25, 0.3) is 0 Å². The summed E-state index contributed by atoms with van der Waals surface area (Å²) in [5.41, 5.74) is 6.70. The second-order valence-corrected chi connectivity index (χ2v) is 5.60. The maximum Gasteiger partial charge on any atom is 0.241 e. The van der Waals surface area contributed by atoms with E-state index in [4.69, 9.17) is 10.8 Å². The largest absolute Gasteiger partial charge is 0.396 e. The Kier molecular flexibility index (Phi) is 5.99. The Hall–Kier alpha value is -1.39. The minimum atomic E-state index is -0.630. The average Bonchev–Trinajstić information content (AvgIpc) is 2.43. The Balaban J connectivity index is 2.47. The van der Waals surface area contributed by atoms with Gasteiger partial charge < -0.3 is 16.2 Å². The predicted octanol–water partition coefficient (Wildman–Crippen LogP) is 1.60. The van der Waals surface area contributed by atoms with E-state index in [9.17, 15) is 4.79 Å². The Labute approximate surface area is 115 Å². The molecule has 0 fully saturated rings. The molecule has 0 unspecified atom stereocenters. The molecule has 0 aliphatic carbocycles. The minimum Gasteiger partial charge on any atom is -0.396 e. The zero-order valence-corrected chi connectivity index (χ0v) is 11.7. The first-order valence-electron chi connectivity index (χ1n) is 6.65. The molecule has 0 spiro atoms. The molecule has 106 valence electrons. The van der Waals surface area contributed by atoms with Crippen LogP contribution in [0.3, 0.4) is 0 Å². The van der Waals surface area contributed by atoms with E-state index >= 15 is 0 Å². The van der Waals surface area contributed by atoms with Gasteiger partial charge in [-0.2, -0.15) is 0 Å². The summed E-state index contributed by atoms with van der Waals surface area (Å²) in [6, 6.07) is 8.70. The van der Waals surface area contributed by atoms with Crippen LogP contribution in [0.5, 0.6) is 0 Å². The monoisotopic (exact) mass is 264 g/mol. The van der Waals surface area contributed by atoms with Gasteiger partial charge in [0.1, 0.15) is 6.04 Å². The highest BCUT2D eigenvalue weighted by Gasteiger charge is 2.21. The van der Waals surface area contributed by atoms with E-state index in [1.54, 1.807) is 0 Å². The van der Waals surface area contributed by atoms with Crippen molar-refractivity contribution in [3.8, 4) is 0 Å². The molecular weight excluding hydrogens is 240 g/mol. The van der Waals surface area contributed by atoms with Gasteiger partial charge in [-0.3, -0.25) is 4.79 Å². The number of benzene rings is 1. The van der Waals surface area contributed by atoms with E-state index in [0.717, 1.165) is 18.4 Å². The van der Waals surface area contributed by atoms with Crippen LogP contribution in [0.4, 0.5) is 0 Å². The molecule has 0 radical (unpaired) electrons. The molecule has 0 aliphatic rings. The Morgan fingerprint density at radius 3 is 2.58 bits per heavy atom. The van der Waals surface area contributed by atoms with Crippen LogP contribution in [0.1, 0.15) is 38.3 Å². The summed E-state index contributed by atoms with van der Waals surface area (Å²) in [7, 11) is 0. The molecule has 0 aliphatic heterocycles. The predicted molar refractivity (Wildman–Crippen MR) is 76.5 cm³/mol. The maximum absolute atomic E-state index is 12.0. The molecule has 1 aromatic carbocycles. The molecule has 1 amide bonds. The normalized spacial score (nSPS) is 13.1. The Morgan fingerprint density at radius 1 is 1.37 bits per heavy atom. The first-order chi connectivity index (χ1) is 8.96. The minimum absolute atomic E-state index is 0.0329. The molecule has 1 rings (SSSR count). The number of rotatable bonds is 7. The summed E-state index contributed by atoms with van der Waals surface area (Å²) in [5.74, 6) is -0.164. The Bertz CT molecular complexity index is 390. The molecule has 0 saturated heterocycles. The van der Waals surface area contributed by atoms with Crippen molar-refractivity contribution >= 4 is 5.91 Å². The quantitative estimate of drug-likeness (QED) is 0.700. The third-order valence-corrected chi connectivity index (χ3v) is 3.19. The highest BCUT2D eigenvalue weighted by atomic mass is 16.2. The van der Waals surface area contributed by atoms with Crippen LogP contribution < -0.4 is 11.1 Å². The van der Waals surface area contributed by atoms with Crippen LogP contribution in [0.15, 0.2) is 30.3 Å². The smallest absolute Gasteiger partial charge is 0.241 e. The zero-order valence-electron chi connectivity index (χ0n) is 11.7. The van der Waals surface area contributed by atoms with Crippen LogP contribution in [-0.2, 0) is 4.79 Å². The van der Waals surface area contributed by atoms with E-state index in [1.165, 1.54) is 0 Å². The van der Waals surface area contributed by atoms with Crippen molar-refractivity contribution in [2.45, 2.75) is 32.7 Å². The van der Waals surface area contributed by atoms with E-state index < -0.39 is 6.04 Å². The van der Waals surface area contributed by atoms with Gasteiger partial charge in [0.15, 0.2) is 0 Å². The van der Waals surface area contributed by atoms with Crippen LogP contribution in [0.2, 0.25) is 0 Å². The number of hydrogen-bond donors (Lipinski definition) is 3. The fraction of sp³-hybridized carbons (Fsp3) is 0.533. The van der Waals surface area contributed by atoms with Crippen LogP contribution in [0.25, 0.3) is 0 Å². The second-order valence-electron chi connectivity index (χ2n) is 5.60. The standard InChI is InChI=1S/C15H24N2O2/c1-15(2,9-6-10-18)11-17-14(19)13(16)12-7-4-3-5-8-12/h3-5,7-8,13,18H,6,9-11,16H2,1-2H3,(H,17,19)/t13-/m1/s1. The lowest BCUT2D eigenvalue weighted by Gasteiger charge is -2.25.